The number of nitrogens with one attached hydrogen (secondary N) is 2. The summed E-state index contributed by atoms with van der Waals surface area (Å²) in [5, 5.41) is 2.73. The van der Waals surface area contributed by atoms with Crippen molar-refractivity contribution in [2.24, 2.45) is 0 Å². The summed E-state index contributed by atoms with van der Waals surface area (Å²) in [4.78, 5) is 23.4. The molecule has 8 heteroatoms. The highest BCUT2D eigenvalue weighted by Gasteiger charge is 2.16. The van der Waals surface area contributed by atoms with Crippen LogP contribution in [0, 0.1) is 0 Å². The van der Waals surface area contributed by atoms with Crippen molar-refractivity contribution in [3.8, 4) is 0 Å². The van der Waals surface area contributed by atoms with Crippen molar-refractivity contribution in [2.75, 3.05) is 19.0 Å². The Hall–Kier alpha value is -2.71. The zero-order chi connectivity index (χ0) is 20.6. The van der Waals surface area contributed by atoms with Crippen molar-refractivity contribution in [3.63, 3.8) is 0 Å². The molecule has 0 radical (unpaired) electrons. The summed E-state index contributed by atoms with van der Waals surface area (Å²) in [6.45, 7) is 1.68. The number of methoxy groups -OCH3 is 1. The molecule has 1 amide bonds. The third kappa shape index (κ3) is 6.17. The van der Waals surface area contributed by atoms with Gasteiger partial charge in [0.1, 0.15) is 6.54 Å². The predicted octanol–water partition coefficient (Wildman–Crippen LogP) is 2.73. The molecule has 0 fully saturated rings. The first-order valence-electron chi connectivity index (χ1n) is 8.92. The smallest absolute Gasteiger partial charge is 0.320 e. The van der Waals surface area contributed by atoms with E-state index in [1.165, 1.54) is 36.9 Å². The molecule has 0 atom stereocenters. The van der Waals surface area contributed by atoms with Crippen LogP contribution in [0.4, 0.5) is 5.69 Å². The fourth-order valence-corrected chi connectivity index (χ4v) is 3.40. The fourth-order valence-electron chi connectivity index (χ4n) is 2.43. The molecule has 0 bridgehead atoms. The van der Waals surface area contributed by atoms with Gasteiger partial charge in [-0.15, -0.1) is 0 Å². The van der Waals surface area contributed by atoms with E-state index < -0.39 is 22.5 Å². The lowest BCUT2D eigenvalue weighted by molar-refractivity contribution is -0.139. The van der Waals surface area contributed by atoms with Crippen LogP contribution in [0.1, 0.15) is 35.7 Å². The van der Waals surface area contributed by atoms with E-state index in [4.69, 9.17) is 0 Å². The topological polar surface area (TPSA) is 102 Å². The third-order valence-electron chi connectivity index (χ3n) is 4.09. The van der Waals surface area contributed by atoms with Crippen LogP contribution in [0.25, 0.3) is 0 Å². The zero-order valence-electron chi connectivity index (χ0n) is 15.9. The highest BCUT2D eigenvalue weighted by molar-refractivity contribution is 7.89. The van der Waals surface area contributed by atoms with E-state index in [0.717, 1.165) is 19.3 Å². The van der Waals surface area contributed by atoms with Gasteiger partial charge < -0.3 is 10.1 Å². The van der Waals surface area contributed by atoms with E-state index in [0.29, 0.717) is 11.3 Å². The average Bonchev–Trinajstić information content (AvgIpc) is 2.71. The zero-order valence-corrected chi connectivity index (χ0v) is 16.7. The van der Waals surface area contributed by atoms with E-state index in [9.17, 15) is 18.0 Å². The van der Waals surface area contributed by atoms with Crippen LogP contribution in [-0.2, 0) is 26.0 Å². The minimum absolute atomic E-state index is 0.0188. The van der Waals surface area contributed by atoms with Crippen molar-refractivity contribution >= 4 is 27.6 Å². The van der Waals surface area contributed by atoms with Gasteiger partial charge in [-0.25, -0.2) is 8.42 Å². The van der Waals surface area contributed by atoms with Gasteiger partial charge in [0.2, 0.25) is 10.0 Å². The molecule has 0 aliphatic carbocycles. The molecule has 0 aliphatic heterocycles. The van der Waals surface area contributed by atoms with Gasteiger partial charge in [-0.05, 0) is 54.8 Å². The van der Waals surface area contributed by atoms with E-state index in [2.05, 4.69) is 21.7 Å². The Morgan fingerprint density at radius 1 is 1.00 bits per heavy atom. The van der Waals surface area contributed by atoms with Gasteiger partial charge in [0.25, 0.3) is 5.91 Å². The summed E-state index contributed by atoms with van der Waals surface area (Å²) in [7, 11) is -2.67. The van der Waals surface area contributed by atoms with Crippen molar-refractivity contribution < 1.29 is 22.7 Å². The largest absolute Gasteiger partial charge is 0.468 e. The van der Waals surface area contributed by atoms with Crippen molar-refractivity contribution in [1.82, 2.24) is 4.72 Å². The normalized spacial score (nSPS) is 11.1. The minimum atomic E-state index is -3.84. The van der Waals surface area contributed by atoms with E-state index >= 15 is 0 Å². The average molecular weight is 404 g/mol. The molecule has 7 nitrogen and oxygen atoms in total. The molecule has 150 valence electrons. The first-order valence-corrected chi connectivity index (χ1v) is 10.4. The first-order chi connectivity index (χ1) is 13.4. The number of carbonyl (C=O) groups is 2. The summed E-state index contributed by atoms with van der Waals surface area (Å²) < 4.78 is 30.8. The Balaban J connectivity index is 1.99. The molecule has 0 aliphatic rings. The number of ether oxygens (including phenoxy) is 1. The number of unbranched alkanes of at least 4 members (excludes halogenated alkanes) is 1. The number of amides is 1. The van der Waals surface area contributed by atoms with Crippen LogP contribution in [-0.4, -0.2) is 33.9 Å². The SMILES string of the molecule is CCCCc1ccc(C(=O)Nc2ccc(S(=O)(=O)NCC(=O)OC)cc2)cc1. The molecule has 2 N–H and O–H groups in total. The molecule has 0 spiro atoms. The number of hydrogen-bond donors (Lipinski definition) is 2. The maximum atomic E-state index is 12.3. The molecule has 28 heavy (non-hydrogen) atoms. The lowest BCUT2D eigenvalue weighted by Gasteiger charge is -2.09. The van der Waals surface area contributed by atoms with Crippen LogP contribution in [0.3, 0.4) is 0 Å². The monoisotopic (exact) mass is 404 g/mol. The van der Waals surface area contributed by atoms with E-state index in [-0.39, 0.29) is 10.8 Å². The van der Waals surface area contributed by atoms with Gasteiger partial charge in [0.15, 0.2) is 0 Å². The minimum Gasteiger partial charge on any atom is -0.468 e. The molecule has 0 aromatic heterocycles. The summed E-state index contributed by atoms with van der Waals surface area (Å²) >= 11 is 0. The summed E-state index contributed by atoms with van der Waals surface area (Å²) in [6.07, 6.45) is 3.21. The lowest BCUT2D eigenvalue weighted by Crippen LogP contribution is -2.30. The molecule has 2 aromatic carbocycles. The van der Waals surface area contributed by atoms with E-state index in [1.54, 1.807) is 12.1 Å². The molecule has 0 unspecified atom stereocenters. The quantitative estimate of drug-likeness (QED) is 0.626. The fraction of sp³-hybridized carbons (Fsp3) is 0.300. The summed E-state index contributed by atoms with van der Waals surface area (Å²) in [5.74, 6) is -0.963. The maximum absolute atomic E-state index is 12.3. The Bertz CT molecular complexity index is 907. The number of anilines is 1. The molecule has 0 heterocycles. The van der Waals surface area contributed by atoms with Gasteiger partial charge in [0, 0.05) is 11.3 Å². The number of benzene rings is 2. The van der Waals surface area contributed by atoms with Crippen molar-refractivity contribution in [2.45, 2.75) is 31.1 Å². The Morgan fingerprint density at radius 3 is 2.21 bits per heavy atom. The standard InChI is InChI=1S/C20H24N2O5S/c1-3-4-5-15-6-8-16(9-7-15)20(24)22-17-10-12-18(13-11-17)28(25,26)21-14-19(23)27-2/h6-13,21H,3-5,14H2,1-2H3,(H,22,24). The molecule has 2 aromatic rings. The van der Waals surface area contributed by atoms with Crippen LogP contribution in [0.5, 0.6) is 0 Å². The van der Waals surface area contributed by atoms with Crippen LogP contribution in [0.2, 0.25) is 0 Å². The van der Waals surface area contributed by atoms with Crippen molar-refractivity contribution in [3.05, 3.63) is 59.7 Å². The third-order valence-corrected chi connectivity index (χ3v) is 5.51. The molecule has 2 rings (SSSR count). The second kappa shape index (κ2) is 10.0. The highest BCUT2D eigenvalue weighted by Crippen LogP contribution is 2.15. The number of aryl methyl sites for hydroxylation is 1. The summed E-state index contributed by atoms with van der Waals surface area (Å²) in [6, 6.07) is 13.1. The molecular formula is C20H24N2O5S. The van der Waals surface area contributed by atoms with Crippen LogP contribution < -0.4 is 10.0 Å². The number of rotatable bonds is 9. The molecule has 0 saturated heterocycles. The van der Waals surface area contributed by atoms with Crippen molar-refractivity contribution in [1.29, 1.82) is 0 Å². The first kappa shape index (κ1) is 21.6. The van der Waals surface area contributed by atoms with Gasteiger partial charge in [0.05, 0.1) is 12.0 Å². The highest BCUT2D eigenvalue weighted by atomic mass is 32.2. The lowest BCUT2D eigenvalue weighted by atomic mass is 10.1. The maximum Gasteiger partial charge on any atom is 0.320 e. The summed E-state index contributed by atoms with van der Waals surface area (Å²) in [5.41, 5.74) is 2.18. The Kier molecular flexibility index (Phi) is 7.71. The number of sulfonamides is 1. The number of hydrogen-bond acceptors (Lipinski definition) is 5. The van der Waals surface area contributed by atoms with Gasteiger partial charge in [-0.2, -0.15) is 4.72 Å². The number of esters is 1. The number of carbonyl (C=O) groups excluding carboxylic acids is 2. The van der Waals surface area contributed by atoms with Gasteiger partial charge >= 0.3 is 5.97 Å². The Morgan fingerprint density at radius 2 is 1.64 bits per heavy atom. The van der Waals surface area contributed by atoms with Crippen LogP contribution in [0.15, 0.2) is 53.4 Å². The van der Waals surface area contributed by atoms with E-state index in [1.807, 2.05) is 12.1 Å². The van der Waals surface area contributed by atoms with Crippen LogP contribution >= 0.6 is 0 Å². The van der Waals surface area contributed by atoms with Gasteiger partial charge in [-0.1, -0.05) is 25.5 Å². The second-order valence-corrected chi connectivity index (χ2v) is 7.95. The second-order valence-electron chi connectivity index (χ2n) is 6.18. The predicted molar refractivity (Wildman–Crippen MR) is 107 cm³/mol. The van der Waals surface area contributed by atoms with Gasteiger partial charge in [-0.3, -0.25) is 9.59 Å². The Labute approximate surface area is 165 Å². The molecule has 0 saturated carbocycles. The molecular weight excluding hydrogens is 380 g/mol.